The SMILES string of the molecule is CCCCOc1ccc(/C(O)=C2/C(=O)C(=O)N(CCN3CCOCC3)C2c2ccc(O)cc2)cc1. The van der Waals surface area contributed by atoms with Crippen molar-refractivity contribution in [3.63, 3.8) is 0 Å². The van der Waals surface area contributed by atoms with E-state index in [0.29, 0.717) is 49.8 Å². The van der Waals surface area contributed by atoms with E-state index in [-0.39, 0.29) is 17.1 Å². The van der Waals surface area contributed by atoms with Gasteiger partial charge in [0.25, 0.3) is 11.7 Å². The Morgan fingerprint density at radius 2 is 1.71 bits per heavy atom. The van der Waals surface area contributed by atoms with E-state index in [2.05, 4.69) is 11.8 Å². The van der Waals surface area contributed by atoms with E-state index >= 15 is 0 Å². The molecule has 8 heteroatoms. The lowest BCUT2D eigenvalue weighted by Crippen LogP contribution is -2.42. The molecule has 186 valence electrons. The van der Waals surface area contributed by atoms with E-state index < -0.39 is 17.7 Å². The van der Waals surface area contributed by atoms with Crippen molar-refractivity contribution in [1.82, 2.24) is 9.80 Å². The number of ketones is 1. The second-order valence-electron chi connectivity index (χ2n) is 8.76. The number of aromatic hydroxyl groups is 1. The quantitative estimate of drug-likeness (QED) is 0.246. The van der Waals surface area contributed by atoms with Crippen molar-refractivity contribution < 1.29 is 29.3 Å². The number of morpholine rings is 1. The van der Waals surface area contributed by atoms with Crippen LogP contribution in [0.25, 0.3) is 5.76 Å². The monoisotopic (exact) mass is 480 g/mol. The van der Waals surface area contributed by atoms with Gasteiger partial charge >= 0.3 is 0 Å². The number of carbonyl (C=O) groups excluding carboxylic acids is 2. The molecule has 4 rings (SSSR count). The molecule has 0 saturated carbocycles. The first-order valence-corrected chi connectivity index (χ1v) is 12.1. The molecule has 1 amide bonds. The van der Waals surface area contributed by atoms with Crippen LogP contribution in [0.2, 0.25) is 0 Å². The molecule has 0 bridgehead atoms. The summed E-state index contributed by atoms with van der Waals surface area (Å²) in [7, 11) is 0. The van der Waals surface area contributed by atoms with Crippen LogP contribution in [0.3, 0.4) is 0 Å². The van der Waals surface area contributed by atoms with Gasteiger partial charge in [-0.3, -0.25) is 14.5 Å². The third-order valence-electron chi connectivity index (χ3n) is 6.40. The van der Waals surface area contributed by atoms with E-state index in [1.54, 1.807) is 36.4 Å². The minimum Gasteiger partial charge on any atom is -0.508 e. The van der Waals surface area contributed by atoms with Crippen LogP contribution in [-0.2, 0) is 14.3 Å². The highest BCUT2D eigenvalue weighted by Crippen LogP contribution is 2.39. The Bertz CT molecular complexity index is 1060. The molecule has 2 heterocycles. The molecule has 2 N–H and O–H groups in total. The number of aliphatic hydroxyl groups is 1. The average molecular weight is 481 g/mol. The molecule has 2 saturated heterocycles. The fraction of sp³-hybridized carbons (Fsp3) is 0.407. The Balaban J connectivity index is 1.65. The van der Waals surface area contributed by atoms with Gasteiger partial charge in [-0.1, -0.05) is 25.5 Å². The summed E-state index contributed by atoms with van der Waals surface area (Å²) in [5.74, 6) is -0.827. The molecule has 2 aliphatic rings. The number of rotatable bonds is 9. The largest absolute Gasteiger partial charge is 0.508 e. The standard InChI is InChI=1S/C27H32N2O6/c1-2-3-16-35-22-10-6-20(7-11-22)25(31)23-24(19-4-8-21(30)9-5-19)29(27(33)26(23)32)13-12-28-14-17-34-18-15-28/h4-11,24,30-31H,2-3,12-18H2,1H3/b25-23-. The average Bonchev–Trinajstić information content (AvgIpc) is 3.13. The third kappa shape index (κ3) is 5.66. The Labute approximate surface area is 205 Å². The molecule has 0 radical (unpaired) electrons. The summed E-state index contributed by atoms with van der Waals surface area (Å²) < 4.78 is 11.1. The minimum atomic E-state index is -0.753. The number of hydrogen-bond donors (Lipinski definition) is 2. The maximum atomic E-state index is 13.2. The Hall–Kier alpha value is -3.36. The molecule has 1 unspecified atom stereocenters. The van der Waals surface area contributed by atoms with Gasteiger partial charge in [0.15, 0.2) is 0 Å². The number of phenolic OH excluding ortho intramolecular Hbond substituents is 1. The maximum absolute atomic E-state index is 13.2. The summed E-state index contributed by atoms with van der Waals surface area (Å²) >= 11 is 0. The van der Waals surface area contributed by atoms with Gasteiger partial charge in [0, 0.05) is 31.7 Å². The summed E-state index contributed by atoms with van der Waals surface area (Å²) in [6.45, 7) is 6.42. The van der Waals surface area contributed by atoms with Crippen molar-refractivity contribution in [1.29, 1.82) is 0 Å². The van der Waals surface area contributed by atoms with Gasteiger partial charge in [-0.2, -0.15) is 0 Å². The Morgan fingerprint density at radius 3 is 2.37 bits per heavy atom. The number of Topliss-reactive ketones (excluding diaryl/α,β-unsaturated/α-hetero) is 1. The minimum absolute atomic E-state index is 0.0438. The summed E-state index contributed by atoms with van der Waals surface area (Å²) in [4.78, 5) is 30.0. The van der Waals surface area contributed by atoms with Gasteiger partial charge < -0.3 is 24.6 Å². The second kappa shape index (κ2) is 11.4. The zero-order valence-corrected chi connectivity index (χ0v) is 20.0. The predicted molar refractivity (Wildman–Crippen MR) is 131 cm³/mol. The molecule has 2 aromatic carbocycles. The predicted octanol–water partition coefficient (Wildman–Crippen LogP) is 3.33. The van der Waals surface area contributed by atoms with Crippen molar-refractivity contribution in [2.24, 2.45) is 0 Å². The fourth-order valence-corrected chi connectivity index (χ4v) is 4.39. The Morgan fingerprint density at radius 1 is 1.03 bits per heavy atom. The number of benzene rings is 2. The lowest BCUT2D eigenvalue weighted by atomic mass is 9.95. The number of unbranched alkanes of at least 4 members (excludes halogenated alkanes) is 1. The summed E-state index contributed by atoms with van der Waals surface area (Å²) in [6, 6.07) is 12.5. The van der Waals surface area contributed by atoms with Crippen molar-refractivity contribution in [3.05, 3.63) is 65.2 Å². The first kappa shape index (κ1) is 24.8. The first-order valence-electron chi connectivity index (χ1n) is 12.1. The fourth-order valence-electron chi connectivity index (χ4n) is 4.39. The number of carbonyl (C=O) groups is 2. The van der Waals surface area contributed by atoms with Crippen molar-refractivity contribution >= 4 is 17.4 Å². The molecular formula is C27H32N2O6. The third-order valence-corrected chi connectivity index (χ3v) is 6.40. The zero-order chi connectivity index (χ0) is 24.8. The highest BCUT2D eigenvalue weighted by Gasteiger charge is 2.46. The molecule has 8 nitrogen and oxygen atoms in total. The topological polar surface area (TPSA) is 99.5 Å². The zero-order valence-electron chi connectivity index (χ0n) is 20.0. The van der Waals surface area contributed by atoms with Gasteiger partial charge in [0.05, 0.1) is 31.4 Å². The van der Waals surface area contributed by atoms with Crippen LogP contribution >= 0.6 is 0 Å². The normalized spacial score (nSPS) is 20.4. The second-order valence-corrected chi connectivity index (χ2v) is 8.76. The van der Waals surface area contributed by atoms with E-state index in [9.17, 15) is 19.8 Å². The summed E-state index contributed by atoms with van der Waals surface area (Å²) in [5, 5.41) is 21.0. The molecule has 2 aromatic rings. The van der Waals surface area contributed by atoms with E-state index in [1.807, 2.05) is 0 Å². The van der Waals surface area contributed by atoms with Crippen LogP contribution in [0.15, 0.2) is 54.1 Å². The molecule has 0 aliphatic carbocycles. The van der Waals surface area contributed by atoms with Crippen LogP contribution in [0.4, 0.5) is 0 Å². The number of phenols is 1. The summed E-state index contributed by atoms with van der Waals surface area (Å²) in [5.41, 5.74) is 1.12. The highest BCUT2D eigenvalue weighted by molar-refractivity contribution is 6.46. The molecular weight excluding hydrogens is 448 g/mol. The molecule has 35 heavy (non-hydrogen) atoms. The van der Waals surface area contributed by atoms with Crippen LogP contribution in [0.5, 0.6) is 11.5 Å². The van der Waals surface area contributed by atoms with Crippen LogP contribution < -0.4 is 4.74 Å². The number of hydrogen-bond acceptors (Lipinski definition) is 7. The van der Waals surface area contributed by atoms with E-state index in [4.69, 9.17) is 9.47 Å². The summed E-state index contributed by atoms with van der Waals surface area (Å²) in [6.07, 6.45) is 1.98. The molecule has 2 fully saturated rings. The van der Waals surface area contributed by atoms with Crippen LogP contribution in [-0.4, -0.2) is 77.7 Å². The van der Waals surface area contributed by atoms with Gasteiger partial charge in [-0.05, 0) is 48.4 Å². The van der Waals surface area contributed by atoms with Crippen molar-refractivity contribution in [3.8, 4) is 11.5 Å². The van der Waals surface area contributed by atoms with Crippen molar-refractivity contribution in [2.75, 3.05) is 46.0 Å². The number of likely N-dealkylation sites (tertiary alicyclic amines) is 1. The van der Waals surface area contributed by atoms with Gasteiger partial charge in [0.2, 0.25) is 0 Å². The van der Waals surface area contributed by atoms with Crippen LogP contribution in [0, 0.1) is 0 Å². The van der Waals surface area contributed by atoms with Gasteiger partial charge in [-0.15, -0.1) is 0 Å². The number of ether oxygens (including phenoxy) is 2. The van der Waals surface area contributed by atoms with Crippen molar-refractivity contribution in [2.45, 2.75) is 25.8 Å². The molecule has 0 spiro atoms. The molecule has 1 atom stereocenters. The Kier molecular flexibility index (Phi) is 8.05. The number of amides is 1. The van der Waals surface area contributed by atoms with E-state index in [0.717, 1.165) is 25.9 Å². The first-order chi connectivity index (χ1) is 17.0. The maximum Gasteiger partial charge on any atom is 0.295 e. The van der Waals surface area contributed by atoms with Crippen LogP contribution in [0.1, 0.15) is 36.9 Å². The van der Waals surface area contributed by atoms with E-state index in [1.165, 1.54) is 17.0 Å². The molecule has 0 aromatic heterocycles. The molecule has 2 aliphatic heterocycles. The lowest BCUT2D eigenvalue weighted by molar-refractivity contribution is -0.140. The van der Waals surface area contributed by atoms with Gasteiger partial charge in [0.1, 0.15) is 17.3 Å². The highest BCUT2D eigenvalue weighted by atomic mass is 16.5. The lowest BCUT2D eigenvalue weighted by Gasteiger charge is -2.31. The smallest absolute Gasteiger partial charge is 0.295 e. The van der Waals surface area contributed by atoms with Gasteiger partial charge in [-0.25, -0.2) is 0 Å². The number of aliphatic hydroxyl groups excluding tert-OH is 1. The number of nitrogens with zero attached hydrogens (tertiary/aromatic N) is 2.